The van der Waals surface area contributed by atoms with Gasteiger partial charge in [-0.15, -0.1) is 0 Å². The second-order valence-electron chi connectivity index (χ2n) is 10.7. The highest BCUT2D eigenvalue weighted by atomic mass is 15.1. The molecule has 0 unspecified atom stereocenters. The second kappa shape index (κ2) is 10.1. The van der Waals surface area contributed by atoms with Gasteiger partial charge in [0.15, 0.2) is 0 Å². The number of benzene rings is 7. The highest BCUT2D eigenvalue weighted by molar-refractivity contribution is 6.11. The van der Waals surface area contributed by atoms with Crippen molar-refractivity contribution in [3.63, 3.8) is 0 Å². The first-order valence-electron chi connectivity index (χ1n) is 14.4. The number of para-hydroxylation sites is 2. The molecule has 0 atom stereocenters. The zero-order chi connectivity index (χ0) is 27.9. The Morgan fingerprint density at radius 1 is 0.357 bits per heavy atom. The van der Waals surface area contributed by atoms with Crippen LogP contribution in [-0.4, -0.2) is 0 Å². The van der Waals surface area contributed by atoms with Gasteiger partial charge in [-0.3, -0.25) is 0 Å². The van der Waals surface area contributed by atoms with Gasteiger partial charge in [0.2, 0.25) is 0 Å². The van der Waals surface area contributed by atoms with E-state index in [-0.39, 0.29) is 0 Å². The molecule has 42 heavy (non-hydrogen) atoms. The predicted octanol–water partition coefficient (Wildman–Crippen LogP) is 11.4. The topological polar surface area (TPSA) is 15.3 Å². The third-order valence-electron chi connectivity index (χ3n) is 8.13. The molecule has 0 aromatic heterocycles. The minimum absolute atomic E-state index is 1.12. The summed E-state index contributed by atoms with van der Waals surface area (Å²) in [4.78, 5) is 2.34. The van der Waals surface area contributed by atoms with Crippen LogP contribution in [0.2, 0.25) is 0 Å². The molecule has 1 aliphatic rings. The Balaban J connectivity index is 1.34. The van der Waals surface area contributed by atoms with E-state index in [4.69, 9.17) is 0 Å². The summed E-state index contributed by atoms with van der Waals surface area (Å²) in [7, 11) is 0. The molecule has 1 N–H and O–H groups in total. The van der Waals surface area contributed by atoms with Crippen molar-refractivity contribution in [3.05, 3.63) is 164 Å². The summed E-state index contributed by atoms with van der Waals surface area (Å²) < 4.78 is 0. The van der Waals surface area contributed by atoms with Crippen LogP contribution in [0.25, 0.3) is 44.2 Å². The SMILES string of the molecule is c1ccc(-c2cc(-c3ccc4c(c3)-c3cccc5cccc(c35)N4)cc(N(c3ccccc3)c3ccccc3)c2)cc1. The Bertz CT molecular complexity index is 2000. The van der Waals surface area contributed by atoms with E-state index >= 15 is 0 Å². The van der Waals surface area contributed by atoms with Crippen molar-refractivity contribution in [2.75, 3.05) is 10.2 Å². The monoisotopic (exact) mass is 536 g/mol. The van der Waals surface area contributed by atoms with Gasteiger partial charge in [-0.25, -0.2) is 0 Å². The van der Waals surface area contributed by atoms with E-state index in [2.05, 4.69) is 174 Å². The smallest absolute Gasteiger partial charge is 0.0473 e. The zero-order valence-electron chi connectivity index (χ0n) is 23.0. The van der Waals surface area contributed by atoms with Gasteiger partial charge >= 0.3 is 0 Å². The van der Waals surface area contributed by atoms with Gasteiger partial charge in [0.1, 0.15) is 0 Å². The van der Waals surface area contributed by atoms with E-state index < -0.39 is 0 Å². The first kappa shape index (κ1) is 24.2. The summed E-state index contributed by atoms with van der Waals surface area (Å²) in [6, 6.07) is 58.7. The first-order valence-corrected chi connectivity index (χ1v) is 14.4. The minimum atomic E-state index is 1.12. The van der Waals surface area contributed by atoms with E-state index in [1.165, 1.54) is 44.2 Å². The maximum atomic E-state index is 3.69. The Morgan fingerprint density at radius 3 is 1.67 bits per heavy atom. The summed E-state index contributed by atoms with van der Waals surface area (Å²) in [5.74, 6) is 0. The third kappa shape index (κ3) is 4.22. The largest absolute Gasteiger partial charge is 0.354 e. The molecule has 0 fully saturated rings. The van der Waals surface area contributed by atoms with Crippen LogP contribution >= 0.6 is 0 Å². The maximum Gasteiger partial charge on any atom is 0.0473 e. The summed E-state index contributed by atoms with van der Waals surface area (Å²) in [5, 5.41) is 6.22. The number of rotatable bonds is 5. The highest BCUT2D eigenvalue weighted by Gasteiger charge is 2.20. The van der Waals surface area contributed by atoms with Crippen LogP contribution < -0.4 is 10.2 Å². The molecule has 0 bridgehead atoms. The van der Waals surface area contributed by atoms with Gasteiger partial charge in [-0.05, 0) is 93.9 Å². The zero-order valence-corrected chi connectivity index (χ0v) is 23.0. The fourth-order valence-electron chi connectivity index (χ4n) is 6.18. The van der Waals surface area contributed by atoms with E-state index in [1.54, 1.807) is 0 Å². The molecule has 198 valence electrons. The molecule has 7 aromatic carbocycles. The number of hydrogen-bond acceptors (Lipinski definition) is 2. The molecule has 0 saturated carbocycles. The molecule has 0 spiro atoms. The molecule has 0 radical (unpaired) electrons. The lowest BCUT2D eigenvalue weighted by molar-refractivity contribution is 1.28. The number of fused-ring (bicyclic) bond motifs is 2. The third-order valence-corrected chi connectivity index (χ3v) is 8.13. The Kier molecular flexibility index (Phi) is 5.82. The molecule has 0 amide bonds. The van der Waals surface area contributed by atoms with Gasteiger partial charge in [-0.1, -0.05) is 103 Å². The number of anilines is 5. The predicted molar refractivity (Wildman–Crippen MR) is 178 cm³/mol. The fourth-order valence-corrected chi connectivity index (χ4v) is 6.18. The molecule has 2 nitrogen and oxygen atoms in total. The molecule has 0 aliphatic carbocycles. The van der Waals surface area contributed by atoms with Gasteiger partial charge in [0, 0.05) is 39.4 Å². The molecule has 2 heteroatoms. The minimum Gasteiger partial charge on any atom is -0.354 e. The lowest BCUT2D eigenvalue weighted by atomic mass is 9.89. The summed E-state index contributed by atoms with van der Waals surface area (Å²) in [6.07, 6.45) is 0. The second-order valence-corrected chi connectivity index (χ2v) is 10.7. The van der Waals surface area contributed by atoms with Gasteiger partial charge in [0.05, 0.1) is 0 Å². The quantitative estimate of drug-likeness (QED) is 0.235. The molecule has 1 aliphatic heterocycles. The lowest BCUT2D eigenvalue weighted by Gasteiger charge is -2.27. The number of nitrogens with zero attached hydrogens (tertiary/aromatic N) is 1. The van der Waals surface area contributed by atoms with Crippen molar-refractivity contribution in [1.29, 1.82) is 0 Å². The Labute approximate surface area is 246 Å². The normalized spacial score (nSPS) is 11.5. The number of hydrogen-bond donors (Lipinski definition) is 1. The van der Waals surface area contributed by atoms with Crippen LogP contribution in [-0.2, 0) is 0 Å². The molecular formula is C40H28N2. The van der Waals surface area contributed by atoms with Crippen LogP contribution in [0.5, 0.6) is 0 Å². The summed E-state index contributed by atoms with van der Waals surface area (Å²) in [6.45, 7) is 0. The fraction of sp³-hybridized carbons (Fsp3) is 0. The molecule has 1 heterocycles. The first-order chi connectivity index (χ1) is 20.8. The van der Waals surface area contributed by atoms with E-state index in [0.717, 1.165) is 28.4 Å². The van der Waals surface area contributed by atoms with Crippen LogP contribution in [0.3, 0.4) is 0 Å². The molecule has 8 rings (SSSR count). The maximum absolute atomic E-state index is 3.69. The Hall–Kier alpha value is -5.60. The van der Waals surface area contributed by atoms with E-state index in [0.29, 0.717) is 0 Å². The van der Waals surface area contributed by atoms with Crippen molar-refractivity contribution in [2.24, 2.45) is 0 Å². The van der Waals surface area contributed by atoms with Crippen LogP contribution in [0, 0.1) is 0 Å². The number of nitrogens with one attached hydrogen (secondary N) is 1. The van der Waals surface area contributed by atoms with E-state index in [9.17, 15) is 0 Å². The average Bonchev–Trinajstić information content (AvgIpc) is 3.06. The van der Waals surface area contributed by atoms with Crippen LogP contribution in [0.15, 0.2) is 164 Å². The van der Waals surface area contributed by atoms with E-state index in [1.807, 2.05) is 0 Å². The molecule has 0 saturated heterocycles. The highest BCUT2D eigenvalue weighted by Crippen LogP contribution is 2.46. The average molecular weight is 537 g/mol. The Morgan fingerprint density at radius 2 is 0.976 bits per heavy atom. The van der Waals surface area contributed by atoms with Crippen molar-refractivity contribution in [2.45, 2.75) is 0 Å². The van der Waals surface area contributed by atoms with Gasteiger partial charge in [-0.2, -0.15) is 0 Å². The van der Waals surface area contributed by atoms with Crippen molar-refractivity contribution >= 4 is 39.2 Å². The van der Waals surface area contributed by atoms with Crippen LogP contribution in [0.4, 0.5) is 28.4 Å². The van der Waals surface area contributed by atoms with Crippen molar-refractivity contribution in [3.8, 4) is 33.4 Å². The molecule has 7 aromatic rings. The van der Waals surface area contributed by atoms with Gasteiger partial charge in [0.25, 0.3) is 0 Å². The molecular weight excluding hydrogens is 508 g/mol. The van der Waals surface area contributed by atoms with Gasteiger partial charge < -0.3 is 10.2 Å². The lowest BCUT2D eigenvalue weighted by Crippen LogP contribution is -2.10. The summed E-state index contributed by atoms with van der Waals surface area (Å²) in [5.41, 5.74) is 12.9. The van der Waals surface area contributed by atoms with Crippen molar-refractivity contribution in [1.82, 2.24) is 0 Å². The van der Waals surface area contributed by atoms with Crippen LogP contribution in [0.1, 0.15) is 0 Å². The summed E-state index contributed by atoms with van der Waals surface area (Å²) >= 11 is 0. The van der Waals surface area contributed by atoms with Crippen molar-refractivity contribution < 1.29 is 0 Å². The standard InChI is InChI=1S/C40H28N2/c1-4-12-28(13-5-1)31-24-32(26-35(25-31)42(33-16-6-2-7-17-33)34-18-8-3-9-19-34)30-22-23-38-37(27-30)36-20-10-14-29-15-11-21-39(41-38)40(29)36/h1-27,41H.